The predicted molar refractivity (Wildman–Crippen MR) is 117 cm³/mol. The summed E-state index contributed by atoms with van der Waals surface area (Å²) in [5.41, 5.74) is 0. The first kappa shape index (κ1) is 27.1. The molecule has 0 heterocycles. The molecule has 0 fully saturated rings. The summed E-state index contributed by atoms with van der Waals surface area (Å²) in [7, 11) is 6.31. The van der Waals surface area contributed by atoms with Crippen LogP contribution in [0.2, 0.25) is 0 Å². The maximum Gasteiger partial charge on any atom is 0.182 e. The number of quaternary nitrogens is 1. The van der Waals surface area contributed by atoms with Gasteiger partial charge in [0.05, 0.1) is 60.8 Å². The van der Waals surface area contributed by atoms with Gasteiger partial charge in [-0.05, 0) is 18.6 Å². The molecular formula is C21H46NO4S+. The van der Waals surface area contributed by atoms with Crippen molar-refractivity contribution in [1.29, 1.82) is 0 Å². The Balaban J connectivity index is 3.01. The largest absolute Gasteiger partial charge is 0.379 e. The van der Waals surface area contributed by atoms with E-state index in [4.69, 9.17) is 18.9 Å². The van der Waals surface area contributed by atoms with Crippen LogP contribution >= 0.6 is 12.6 Å². The van der Waals surface area contributed by atoms with Crippen molar-refractivity contribution in [1.82, 2.24) is 0 Å². The number of hydrogen-bond acceptors (Lipinski definition) is 5. The van der Waals surface area contributed by atoms with Gasteiger partial charge in [-0.15, -0.1) is 0 Å². The van der Waals surface area contributed by atoms with Gasteiger partial charge in [-0.25, -0.2) is 0 Å². The fourth-order valence-corrected chi connectivity index (χ4v) is 2.78. The fraction of sp³-hybridized carbons (Fsp3) is 1.00. The molecule has 0 saturated heterocycles. The van der Waals surface area contributed by atoms with Crippen molar-refractivity contribution in [3.8, 4) is 0 Å². The second-order valence-corrected chi connectivity index (χ2v) is 8.52. The first-order chi connectivity index (χ1) is 13.1. The number of thiol groups is 1. The number of nitrogens with zero attached hydrogens (tertiary/aromatic N) is 1. The highest BCUT2D eigenvalue weighted by atomic mass is 32.1. The SMILES string of the molecule is C[N+](C)(C)COCCOCCOCCOCCCCCCCCCCCS. The Bertz CT molecular complexity index is 288. The molecule has 0 saturated carbocycles. The second kappa shape index (κ2) is 20.9. The molecule has 0 radical (unpaired) electrons. The molecule has 5 nitrogen and oxygen atoms in total. The number of unbranched alkanes of at least 4 members (excludes halogenated alkanes) is 8. The van der Waals surface area contributed by atoms with Crippen molar-refractivity contribution in [3.63, 3.8) is 0 Å². The molecule has 0 aliphatic carbocycles. The Morgan fingerprint density at radius 1 is 0.481 bits per heavy atom. The van der Waals surface area contributed by atoms with Crippen LogP contribution in [0.3, 0.4) is 0 Å². The van der Waals surface area contributed by atoms with Crippen LogP contribution in [0.4, 0.5) is 0 Å². The van der Waals surface area contributed by atoms with Crippen LogP contribution in [0.25, 0.3) is 0 Å². The standard InChI is InChI=1S/C21H45NO4S/c1-22(2,3)21-26-19-18-25-17-16-24-15-14-23-13-11-9-7-5-4-6-8-10-12-20-27/h4-21H2,1-3H3/p+1. The monoisotopic (exact) mass is 408 g/mol. The Morgan fingerprint density at radius 3 is 1.30 bits per heavy atom. The van der Waals surface area contributed by atoms with E-state index in [-0.39, 0.29) is 0 Å². The number of ether oxygens (including phenoxy) is 4. The minimum Gasteiger partial charge on any atom is -0.379 e. The Kier molecular flexibility index (Phi) is 21.0. The van der Waals surface area contributed by atoms with E-state index in [0.29, 0.717) is 46.4 Å². The first-order valence-corrected chi connectivity index (χ1v) is 11.4. The van der Waals surface area contributed by atoms with Crippen LogP contribution in [-0.2, 0) is 18.9 Å². The number of rotatable bonds is 22. The smallest absolute Gasteiger partial charge is 0.182 e. The molecule has 0 bridgehead atoms. The minimum atomic E-state index is 0.613. The molecule has 164 valence electrons. The lowest BCUT2D eigenvalue weighted by molar-refractivity contribution is -0.890. The van der Waals surface area contributed by atoms with E-state index in [1.54, 1.807) is 0 Å². The van der Waals surface area contributed by atoms with Crippen LogP contribution < -0.4 is 0 Å². The summed E-state index contributed by atoms with van der Waals surface area (Å²) in [6.07, 6.45) is 11.9. The molecule has 0 rings (SSSR count). The zero-order chi connectivity index (χ0) is 20.1. The summed E-state index contributed by atoms with van der Waals surface area (Å²) in [6, 6.07) is 0. The number of hydrogen-bond donors (Lipinski definition) is 1. The summed E-state index contributed by atoms with van der Waals surface area (Å²) >= 11 is 4.24. The zero-order valence-electron chi connectivity index (χ0n) is 18.3. The van der Waals surface area contributed by atoms with Crippen molar-refractivity contribution in [3.05, 3.63) is 0 Å². The molecule has 0 aromatic rings. The summed E-state index contributed by atoms with van der Waals surface area (Å²) in [6.45, 7) is 5.37. The van der Waals surface area contributed by atoms with E-state index >= 15 is 0 Å². The maximum atomic E-state index is 5.60. The van der Waals surface area contributed by atoms with E-state index in [2.05, 4.69) is 33.8 Å². The van der Waals surface area contributed by atoms with E-state index in [1.807, 2.05) is 0 Å². The quantitative estimate of drug-likeness (QED) is 0.126. The van der Waals surface area contributed by atoms with Crippen LogP contribution in [-0.4, -0.2) is 84.4 Å². The topological polar surface area (TPSA) is 36.9 Å². The second-order valence-electron chi connectivity index (χ2n) is 8.07. The van der Waals surface area contributed by atoms with Crippen LogP contribution in [0.1, 0.15) is 57.8 Å². The average molecular weight is 409 g/mol. The highest BCUT2D eigenvalue weighted by Crippen LogP contribution is 2.09. The highest BCUT2D eigenvalue weighted by molar-refractivity contribution is 7.80. The zero-order valence-corrected chi connectivity index (χ0v) is 19.1. The van der Waals surface area contributed by atoms with Gasteiger partial charge in [0.1, 0.15) is 0 Å². The van der Waals surface area contributed by atoms with Gasteiger partial charge in [-0.3, -0.25) is 0 Å². The Morgan fingerprint density at radius 2 is 0.852 bits per heavy atom. The van der Waals surface area contributed by atoms with Gasteiger partial charge in [0.25, 0.3) is 0 Å². The molecule has 6 heteroatoms. The predicted octanol–water partition coefficient (Wildman–Crippen LogP) is 4.16. The van der Waals surface area contributed by atoms with Gasteiger partial charge in [-0.2, -0.15) is 12.6 Å². The van der Waals surface area contributed by atoms with Gasteiger partial charge >= 0.3 is 0 Å². The van der Waals surface area contributed by atoms with Crippen molar-refractivity contribution >= 4 is 12.6 Å². The minimum absolute atomic E-state index is 0.613. The third kappa shape index (κ3) is 26.1. The van der Waals surface area contributed by atoms with Gasteiger partial charge in [0.2, 0.25) is 0 Å². The van der Waals surface area contributed by atoms with E-state index in [0.717, 1.165) is 23.3 Å². The molecule has 0 amide bonds. The Labute approximate surface area is 174 Å². The molecule has 27 heavy (non-hydrogen) atoms. The molecule has 0 aromatic heterocycles. The van der Waals surface area contributed by atoms with Crippen LogP contribution in [0, 0.1) is 0 Å². The third-order valence-electron chi connectivity index (χ3n) is 4.04. The van der Waals surface area contributed by atoms with Crippen molar-refractivity contribution in [2.75, 3.05) is 79.9 Å². The van der Waals surface area contributed by atoms with Gasteiger partial charge in [0, 0.05) is 6.61 Å². The summed E-state index contributed by atoms with van der Waals surface area (Å²) in [4.78, 5) is 0. The van der Waals surface area contributed by atoms with Crippen LogP contribution in [0.15, 0.2) is 0 Å². The highest BCUT2D eigenvalue weighted by Gasteiger charge is 2.05. The van der Waals surface area contributed by atoms with Gasteiger partial charge in [0.15, 0.2) is 6.73 Å². The van der Waals surface area contributed by atoms with Gasteiger partial charge < -0.3 is 23.4 Å². The van der Waals surface area contributed by atoms with E-state index in [9.17, 15) is 0 Å². The third-order valence-corrected chi connectivity index (χ3v) is 4.36. The lowest BCUT2D eigenvalue weighted by Gasteiger charge is -2.23. The molecule has 0 N–H and O–H groups in total. The summed E-state index contributed by atoms with van der Waals surface area (Å²) in [5.74, 6) is 1.03. The van der Waals surface area contributed by atoms with Crippen molar-refractivity contribution in [2.45, 2.75) is 57.8 Å². The van der Waals surface area contributed by atoms with E-state index < -0.39 is 0 Å². The lowest BCUT2D eigenvalue weighted by atomic mass is 10.1. The van der Waals surface area contributed by atoms with Gasteiger partial charge in [-0.1, -0.05) is 44.9 Å². The molecule has 0 aliphatic heterocycles. The molecule has 0 aliphatic rings. The fourth-order valence-electron chi connectivity index (χ4n) is 2.55. The molecule has 0 atom stereocenters. The molecule has 0 spiro atoms. The van der Waals surface area contributed by atoms with Crippen molar-refractivity contribution in [2.24, 2.45) is 0 Å². The Hall–Kier alpha value is 0.150. The lowest BCUT2D eigenvalue weighted by Crippen LogP contribution is -2.37. The maximum absolute atomic E-state index is 5.60. The van der Waals surface area contributed by atoms with E-state index in [1.165, 1.54) is 51.4 Å². The van der Waals surface area contributed by atoms with Crippen LogP contribution in [0.5, 0.6) is 0 Å². The molecule has 0 unspecified atom stereocenters. The summed E-state index contributed by atoms with van der Waals surface area (Å²) in [5, 5.41) is 0. The van der Waals surface area contributed by atoms with Crippen molar-refractivity contribution < 1.29 is 23.4 Å². The average Bonchev–Trinajstić information content (AvgIpc) is 2.62. The first-order valence-electron chi connectivity index (χ1n) is 10.8. The molecule has 0 aromatic carbocycles. The summed E-state index contributed by atoms with van der Waals surface area (Å²) < 4.78 is 22.9. The normalized spacial score (nSPS) is 12.0. The molecular weight excluding hydrogens is 362 g/mol.